The maximum atomic E-state index is 11.1. The molecule has 1 aliphatic rings. The summed E-state index contributed by atoms with van der Waals surface area (Å²) in [5.74, 6) is -0.718. The van der Waals surface area contributed by atoms with Crippen LogP contribution in [0.1, 0.15) is 46.8 Å². The molecule has 1 aromatic carbocycles. The first-order valence-electron chi connectivity index (χ1n) is 6.58. The standard InChI is InChI=1S/C15H20O4/c1-8-10-6-4-5-7-11(10)9(2)14(19-3)12(8)13(16)15(17)18/h13,16H,4-7H2,1-3H3,(H,17,18). The number of aliphatic hydroxyl groups excluding tert-OH is 1. The monoisotopic (exact) mass is 264 g/mol. The molecule has 19 heavy (non-hydrogen) atoms. The lowest BCUT2D eigenvalue weighted by molar-refractivity contribution is -0.147. The highest BCUT2D eigenvalue weighted by atomic mass is 16.5. The van der Waals surface area contributed by atoms with Crippen LogP contribution in [0.5, 0.6) is 5.75 Å². The topological polar surface area (TPSA) is 66.8 Å². The van der Waals surface area contributed by atoms with E-state index >= 15 is 0 Å². The van der Waals surface area contributed by atoms with Crippen LogP contribution >= 0.6 is 0 Å². The number of carbonyl (C=O) groups is 1. The van der Waals surface area contributed by atoms with Gasteiger partial charge >= 0.3 is 5.97 Å². The van der Waals surface area contributed by atoms with E-state index < -0.39 is 12.1 Å². The van der Waals surface area contributed by atoms with E-state index in [1.54, 1.807) is 0 Å². The van der Waals surface area contributed by atoms with Gasteiger partial charge in [-0.3, -0.25) is 0 Å². The summed E-state index contributed by atoms with van der Waals surface area (Å²) in [6, 6.07) is 0. The van der Waals surface area contributed by atoms with Crippen molar-refractivity contribution in [2.75, 3.05) is 7.11 Å². The third-order valence-electron chi connectivity index (χ3n) is 4.07. The summed E-state index contributed by atoms with van der Waals surface area (Å²) in [5.41, 5.74) is 4.71. The second-order valence-corrected chi connectivity index (χ2v) is 5.10. The fraction of sp³-hybridized carbons (Fsp3) is 0.533. The van der Waals surface area contributed by atoms with Crippen LogP contribution in [0.15, 0.2) is 0 Å². The Kier molecular flexibility index (Phi) is 3.80. The van der Waals surface area contributed by atoms with E-state index in [9.17, 15) is 9.90 Å². The zero-order chi connectivity index (χ0) is 14.2. The van der Waals surface area contributed by atoms with Crippen molar-refractivity contribution in [3.05, 3.63) is 27.8 Å². The molecule has 1 unspecified atom stereocenters. The average molecular weight is 264 g/mol. The van der Waals surface area contributed by atoms with Gasteiger partial charge in [0.15, 0.2) is 6.10 Å². The number of hydrogen-bond donors (Lipinski definition) is 2. The number of carboxylic acid groups (broad SMARTS) is 1. The molecule has 0 aliphatic heterocycles. The SMILES string of the molecule is COc1c(C)c2c(c(C)c1C(O)C(=O)O)CCCC2. The van der Waals surface area contributed by atoms with Gasteiger partial charge in [-0.15, -0.1) is 0 Å². The summed E-state index contributed by atoms with van der Waals surface area (Å²) >= 11 is 0. The lowest BCUT2D eigenvalue weighted by atomic mass is 9.82. The van der Waals surface area contributed by atoms with Gasteiger partial charge in [0, 0.05) is 5.56 Å². The zero-order valence-electron chi connectivity index (χ0n) is 11.6. The van der Waals surface area contributed by atoms with E-state index in [2.05, 4.69) is 0 Å². The normalized spacial score (nSPS) is 15.8. The number of fused-ring (bicyclic) bond motifs is 1. The summed E-state index contributed by atoms with van der Waals surface area (Å²) < 4.78 is 5.37. The second-order valence-electron chi connectivity index (χ2n) is 5.10. The summed E-state index contributed by atoms with van der Waals surface area (Å²) in [7, 11) is 1.52. The highest BCUT2D eigenvalue weighted by Crippen LogP contribution is 2.40. The Balaban J connectivity index is 2.71. The van der Waals surface area contributed by atoms with Crippen molar-refractivity contribution >= 4 is 5.97 Å². The van der Waals surface area contributed by atoms with Crippen molar-refractivity contribution in [1.82, 2.24) is 0 Å². The van der Waals surface area contributed by atoms with Crippen LogP contribution in [-0.4, -0.2) is 23.3 Å². The smallest absolute Gasteiger partial charge is 0.337 e. The van der Waals surface area contributed by atoms with E-state index in [0.29, 0.717) is 11.3 Å². The van der Waals surface area contributed by atoms with E-state index in [4.69, 9.17) is 9.84 Å². The molecule has 0 saturated heterocycles. The molecule has 0 radical (unpaired) electrons. The molecular formula is C15H20O4. The van der Waals surface area contributed by atoms with Gasteiger partial charge in [-0.2, -0.15) is 0 Å². The highest BCUT2D eigenvalue weighted by molar-refractivity contribution is 5.77. The van der Waals surface area contributed by atoms with Crippen molar-refractivity contribution in [3.8, 4) is 5.75 Å². The van der Waals surface area contributed by atoms with Crippen molar-refractivity contribution < 1.29 is 19.7 Å². The molecule has 0 aromatic heterocycles. The molecular weight excluding hydrogens is 244 g/mol. The average Bonchev–Trinajstić information content (AvgIpc) is 2.41. The van der Waals surface area contributed by atoms with Crippen LogP contribution in [-0.2, 0) is 17.6 Å². The van der Waals surface area contributed by atoms with Gasteiger partial charge in [-0.25, -0.2) is 4.79 Å². The first kappa shape index (κ1) is 13.9. The molecule has 4 nitrogen and oxygen atoms in total. The minimum atomic E-state index is -1.53. The Morgan fingerprint density at radius 2 is 1.68 bits per heavy atom. The van der Waals surface area contributed by atoms with Gasteiger partial charge in [-0.05, 0) is 61.8 Å². The molecule has 1 aliphatic carbocycles. The van der Waals surface area contributed by atoms with Crippen molar-refractivity contribution in [1.29, 1.82) is 0 Å². The van der Waals surface area contributed by atoms with Crippen LogP contribution in [0.3, 0.4) is 0 Å². The first-order valence-corrected chi connectivity index (χ1v) is 6.58. The van der Waals surface area contributed by atoms with Gasteiger partial charge in [0.2, 0.25) is 0 Å². The van der Waals surface area contributed by atoms with E-state index in [-0.39, 0.29) is 0 Å². The van der Waals surface area contributed by atoms with E-state index in [0.717, 1.165) is 36.8 Å². The summed E-state index contributed by atoms with van der Waals surface area (Å²) in [4.78, 5) is 11.1. The number of carboxylic acids is 1. The molecule has 0 saturated carbocycles. The van der Waals surface area contributed by atoms with Crippen LogP contribution in [0.4, 0.5) is 0 Å². The number of rotatable bonds is 3. The maximum absolute atomic E-state index is 11.1. The van der Waals surface area contributed by atoms with Crippen LogP contribution < -0.4 is 4.74 Å². The number of benzene rings is 1. The molecule has 2 rings (SSSR count). The number of aliphatic hydroxyl groups is 1. The number of ether oxygens (including phenoxy) is 1. The van der Waals surface area contributed by atoms with Crippen LogP contribution in [0.25, 0.3) is 0 Å². The predicted molar refractivity (Wildman–Crippen MR) is 71.7 cm³/mol. The van der Waals surface area contributed by atoms with Gasteiger partial charge in [0.1, 0.15) is 5.75 Å². The maximum Gasteiger partial charge on any atom is 0.337 e. The predicted octanol–water partition coefficient (Wildman–Crippen LogP) is 2.31. The molecule has 104 valence electrons. The molecule has 0 bridgehead atoms. The highest BCUT2D eigenvalue weighted by Gasteiger charge is 2.28. The fourth-order valence-corrected chi connectivity index (χ4v) is 3.12. The van der Waals surface area contributed by atoms with Gasteiger partial charge in [0.25, 0.3) is 0 Å². The van der Waals surface area contributed by atoms with E-state index in [1.807, 2.05) is 13.8 Å². The number of aliphatic carboxylic acids is 1. The lowest BCUT2D eigenvalue weighted by Gasteiger charge is -2.26. The Hall–Kier alpha value is -1.55. The summed E-state index contributed by atoms with van der Waals surface area (Å²) in [6.45, 7) is 3.83. The zero-order valence-corrected chi connectivity index (χ0v) is 11.6. The van der Waals surface area contributed by atoms with Gasteiger partial charge in [0.05, 0.1) is 7.11 Å². The molecule has 2 N–H and O–H groups in total. The Labute approximate surface area is 113 Å². The number of methoxy groups -OCH3 is 1. The molecule has 1 atom stereocenters. The van der Waals surface area contributed by atoms with Gasteiger partial charge in [-0.1, -0.05) is 0 Å². The Morgan fingerprint density at radius 3 is 2.16 bits per heavy atom. The summed E-state index contributed by atoms with van der Waals surface area (Å²) in [5, 5.41) is 19.0. The molecule has 1 aromatic rings. The summed E-state index contributed by atoms with van der Waals surface area (Å²) in [6.07, 6.45) is 2.69. The van der Waals surface area contributed by atoms with E-state index in [1.165, 1.54) is 18.2 Å². The second kappa shape index (κ2) is 5.21. The third kappa shape index (κ3) is 2.21. The number of hydrogen-bond acceptors (Lipinski definition) is 3. The molecule has 0 fully saturated rings. The minimum Gasteiger partial charge on any atom is -0.496 e. The minimum absolute atomic E-state index is 0.410. The van der Waals surface area contributed by atoms with Crippen molar-refractivity contribution in [3.63, 3.8) is 0 Å². The fourth-order valence-electron chi connectivity index (χ4n) is 3.12. The molecule has 4 heteroatoms. The van der Waals surface area contributed by atoms with Crippen LogP contribution in [0.2, 0.25) is 0 Å². The molecule has 0 heterocycles. The Morgan fingerprint density at radius 1 is 1.16 bits per heavy atom. The first-order chi connectivity index (χ1) is 8.99. The van der Waals surface area contributed by atoms with Gasteiger partial charge < -0.3 is 14.9 Å². The van der Waals surface area contributed by atoms with Crippen molar-refractivity contribution in [2.45, 2.75) is 45.6 Å². The van der Waals surface area contributed by atoms with Crippen LogP contribution in [0, 0.1) is 13.8 Å². The molecule has 0 amide bonds. The lowest BCUT2D eigenvalue weighted by Crippen LogP contribution is -2.18. The molecule has 0 spiro atoms. The third-order valence-corrected chi connectivity index (χ3v) is 4.07. The quantitative estimate of drug-likeness (QED) is 0.879. The Bertz CT molecular complexity index is 520. The van der Waals surface area contributed by atoms with Crippen molar-refractivity contribution in [2.24, 2.45) is 0 Å². The largest absolute Gasteiger partial charge is 0.496 e.